The Kier molecular flexibility index (Phi) is 10.4. The van der Waals surface area contributed by atoms with Crippen LogP contribution in [0.5, 0.6) is 0 Å². The van der Waals surface area contributed by atoms with Crippen molar-refractivity contribution in [1.82, 2.24) is 4.90 Å². The van der Waals surface area contributed by atoms with Gasteiger partial charge in [-0.1, -0.05) is 77.1 Å². The van der Waals surface area contributed by atoms with Gasteiger partial charge in [0.15, 0.2) is 5.78 Å². The Hall–Kier alpha value is -1.03. The third-order valence-electron chi connectivity index (χ3n) is 9.31. The largest absolute Gasteiger partial charge is 0.380 e. The Balaban J connectivity index is 0.000000167. The second kappa shape index (κ2) is 13.8. The van der Waals surface area contributed by atoms with Crippen LogP contribution in [-0.4, -0.2) is 35.9 Å². The molecule has 1 N–H and O–H groups in total. The minimum atomic E-state index is -0.994. The van der Waals surface area contributed by atoms with Crippen LogP contribution in [0.3, 0.4) is 0 Å². The highest BCUT2D eigenvalue weighted by Crippen LogP contribution is 2.49. The molecule has 1 unspecified atom stereocenters. The van der Waals surface area contributed by atoms with Gasteiger partial charge in [-0.2, -0.15) is 0 Å². The van der Waals surface area contributed by atoms with Gasteiger partial charge in [-0.3, -0.25) is 4.79 Å². The lowest BCUT2D eigenvalue weighted by Crippen LogP contribution is -2.44. The normalized spacial score (nSPS) is 19.7. The number of aliphatic hydroxyl groups is 1. The monoisotopic (exact) mass is 895 g/mol. The lowest BCUT2D eigenvalue weighted by molar-refractivity contribution is -0.0119. The maximum atomic E-state index is 12.7. The van der Waals surface area contributed by atoms with Crippen LogP contribution in [0.1, 0.15) is 62.1 Å². The molecule has 1 fully saturated rings. The molecule has 0 bridgehead atoms. The fraction of sp³-hybridized carbons (Fsp3) is 0.306. The van der Waals surface area contributed by atoms with Crippen molar-refractivity contribution >= 4 is 92.7 Å². The molecule has 1 atom stereocenters. The van der Waals surface area contributed by atoms with Crippen molar-refractivity contribution in [1.29, 1.82) is 0 Å². The number of aryl methyl sites for hydroxylation is 4. The van der Waals surface area contributed by atoms with E-state index in [0.717, 1.165) is 108 Å². The zero-order valence-electron chi connectivity index (χ0n) is 24.6. The summed E-state index contributed by atoms with van der Waals surface area (Å²) in [6.07, 6.45) is 5.42. The SMILES string of the molecule is CN1CCC(C2(O)c3ccc(Br)cc3CCc3cc(Cl)cc(Br)c32)CC1.O=C1c2ccc(Br)cc2CCc2cc(Cl)cc(Br)c21. The highest BCUT2D eigenvalue weighted by Gasteiger charge is 2.46. The number of benzene rings is 4. The number of carbonyl (C=O) groups is 1. The number of piperidine rings is 1. The van der Waals surface area contributed by atoms with E-state index in [-0.39, 0.29) is 11.7 Å². The van der Waals surface area contributed by atoms with Gasteiger partial charge in [0.25, 0.3) is 0 Å². The van der Waals surface area contributed by atoms with Crippen molar-refractivity contribution in [2.24, 2.45) is 5.92 Å². The average molecular weight is 900 g/mol. The number of rotatable bonds is 1. The van der Waals surface area contributed by atoms with Crippen molar-refractivity contribution in [2.75, 3.05) is 20.1 Å². The third kappa shape index (κ3) is 6.80. The van der Waals surface area contributed by atoms with E-state index in [1.54, 1.807) is 6.07 Å². The summed E-state index contributed by atoms with van der Waals surface area (Å²) in [6.45, 7) is 2.03. The Morgan fingerprint density at radius 2 is 1.29 bits per heavy atom. The van der Waals surface area contributed by atoms with Crippen LogP contribution in [0.15, 0.2) is 78.6 Å². The molecular weight excluding hydrogens is 869 g/mol. The molecule has 0 spiro atoms. The summed E-state index contributed by atoms with van der Waals surface area (Å²) < 4.78 is 3.75. The van der Waals surface area contributed by atoms with Gasteiger partial charge in [0, 0.05) is 44.6 Å². The molecule has 3 nitrogen and oxygen atoms in total. The molecule has 3 aliphatic rings. The number of hydrogen-bond acceptors (Lipinski definition) is 3. The number of halogens is 6. The van der Waals surface area contributed by atoms with Gasteiger partial charge in [-0.15, -0.1) is 0 Å². The summed E-state index contributed by atoms with van der Waals surface area (Å²) >= 11 is 26.7. The molecule has 7 rings (SSSR count). The topological polar surface area (TPSA) is 40.5 Å². The van der Waals surface area contributed by atoms with E-state index in [9.17, 15) is 9.90 Å². The van der Waals surface area contributed by atoms with Crippen LogP contribution in [0.4, 0.5) is 0 Å². The predicted molar refractivity (Wildman–Crippen MR) is 198 cm³/mol. The zero-order valence-corrected chi connectivity index (χ0v) is 32.4. The average Bonchev–Trinajstić information content (AvgIpc) is 3.19. The van der Waals surface area contributed by atoms with E-state index in [0.29, 0.717) is 10.0 Å². The molecule has 4 aromatic carbocycles. The molecule has 1 aliphatic heterocycles. The number of carbonyl (C=O) groups excluding carboxylic acids is 1. The first kappa shape index (κ1) is 33.9. The Bertz CT molecular complexity index is 1800. The standard InChI is InChI=1S/C21H22Br2ClNO.C15H9Br2ClO/c1-25-8-6-15(7-9-25)21(26)18-5-4-16(22)10-13(18)2-3-14-11-17(24)12-19(23)20(14)21;16-10-3-4-12-8(5-10)1-2-9-6-11(18)7-13(17)14(9)15(12)19/h4-5,10-12,15,26H,2-3,6-9H2,1H3;3-7H,1-2H2. The van der Waals surface area contributed by atoms with Crippen LogP contribution in [0.2, 0.25) is 10.0 Å². The fourth-order valence-electron chi connectivity index (χ4n) is 7.12. The van der Waals surface area contributed by atoms with E-state index in [1.165, 1.54) is 5.56 Å². The highest BCUT2D eigenvalue weighted by molar-refractivity contribution is 9.11. The molecule has 45 heavy (non-hydrogen) atoms. The molecule has 2 aliphatic carbocycles. The van der Waals surface area contributed by atoms with E-state index in [1.807, 2.05) is 42.5 Å². The lowest BCUT2D eigenvalue weighted by Gasteiger charge is -2.42. The van der Waals surface area contributed by atoms with Gasteiger partial charge in [0.2, 0.25) is 0 Å². The second-order valence-electron chi connectivity index (χ2n) is 12.1. The van der Waals surface area contributed by atoms with E-state index < -0.39 is 5.60 Å². The van der Waals surface area contributed by atoms with Gasteiger partial charge in [-0.05, 0) is 163 Å². The van der Waals surface area contributed by atoms with Crippen LogP contribution in [-0.2, 0) is 31.3 Å². The minimum Gasteiger partial charge on any atom is -0.380 e. The van der Waals surface area contributed by atoms with Gasteiger partial charge in [0.1, 0.15) is 5.60 Å². The third-order valence-corrected chi connectivity index (χ3v) is 12.0. The Morgan fingerprint density at radius 1 is 0.733 bits per heavy atom. The first-order chi connectivity index (χ1) is 21.4. The van der Waals surface area contributed by atoms with Gasteiger partial charge >= 0.3 is 0 Å². The van der Waals surface area contributed by atoms with Crippen molar-refractivity contribution in [3.05, 3.63) is 133 Å². The van der Waals surface area contributed by atoms with Crippen LogP contribution < -0.4 is 0 Å². The molecular formula is C36H31Br4Cl2NO2. The fourth-order valence-corrected chi connectivity index (χ4v) is 10.2. The summed E-state index contributed by atoms with van der Waals surface area (Å²) in [5, 5.41) is 13.7. The zero-order chi connectivity index (χ0) is 32.0. The minimum absolute atomic E-state index is 0.0681. The van der Waals surface area contributed by atoms with Crippen molar-refractivity contribution in [3.63, 3.8) is 0 Å². The summed E-state index contributed by atoms with van der Waals surface area (Å²) in [7, 11) is 2.15. The number of likely N-dealkylation sites (tertiary alicyclic amines) is 1. The molecule has 0 saturated carbocycles. The summed E-state index contributed by atoms with van der Waals surface area (Å²) in [4.78, 5) is 15.0. The summed E-state index contributed by atoms with van der Waals surface area (Å²) in [5.41, 5.74) is 7.06. The number of fused-ring (bicyclic) bond motifs is 4. The summed E-state index contributed by atoms with van der Waals surface area (Å²) in [6, 6.07) is 19.8. The first-order valence-electron chi connectivity index (χ1n) is 14.9. The van der Waals surface area contributed by atoms with Crippen molar-refractivity contribution < 1.29 is 9.90 Å². The van der Waals surface area contributed by atoms with Gasteiger partial charge in [0.05, 0.1) is 0 Å². The summed E-state index contributed by atoms with van der Waals surface area (Å²) in [5.74, 6) is 0.256. The van der Waals surface area contributed by atoms with Crippen LogP contribution in [0.25, 0.3) is 0 Å². The Morgan fingerprint density at radius 3 is 2.00 bits per heavy atom. The van der Waals surface area contributed by atoms with Crippen LogP contribution in [0, 0.1) is 5.92 Å². The lowest BCUT2D eigenvalue weighted by atomic mass is 9.70. The molecule has 1 heterocycles. The second-order valence-corrected chi connectivity index (χ2v) is 16.5. The molecule has 0 amide bonds. The molecule has 234 valence electrons. The van der Waals surface area contributed by atoms with E-state index in [2.05, 4.69) is 87.8 Å². The molecule has 0 aromatic heterocycles. The van der Waals surface area contributed by atoms with Crippen molar-refractivity contribution in [3.8, 4) is 0 Å². The molecule has 9 heteroatoms. The number of ketones is 1. The molecule has 0 radical (unpaired) electrons. The van der Waals surface area contributed by atoms with E-state index in [4.69, 9.17) is 23.2 Å². The van der Waals surface area contributed by atoms with Gasteiger partial charge in [-0.25, -0.2) is 0 Å². The van der Waals surface area contributed by atoms with Crippen molar-refractivity contribution in [2.45, 2.75) is 44.1 Å². The number of hydrogen-bond donors (Lipinski definition) is 1. The van der Waals surface area contributed by atoms with Gasteiger partial charge < -0.3 is 10.0 Å². The highest BCUT2D eigenvalue weighted by atomic mass is 79.9. The van der Waals surface area contributed by atoms with Crippen LogP contribution >= 0.6 is 86.9 Å². The molecule has 1 saturated heterocycles. The Labute approximate surface area is 308 Å². The first-order valence-corrected chi connectivity index (χ1v) is 18.9. The molecule has 4 aromatic rings. The maximum absolute atomic E-state index is 12.7. The van der Waals surface area contributed by atoms with E-state index >= 15 is 0 Å². The smallest absolute Gasteiger partial charge is 0.194 e. The number of nitrogens with zero attached hydrogens (tertiary/aromatic N) is 1. The maximum Gasteiger partial charge on any atom is 0.194 e. The quantitative estimate of drug-likeness (QED) is 0.207. The predicted octanol–water partition coefficient (Wildman–Crippen LogP) is 10.7.